The molecule has 0 unspecified atom stereocenters. The lowest BCUT2D eigenvalue weighted by molar-refractivity contribution is 0.190. The molecule has 1 aromatic carbocycles. The highest BCUT2D eigenvalue weighted by Crippen LogP contribution is 2.25. The third-order valence-electron chi connectivity index (χ3n) is 2.85. The molecule has 0 aliphatic rings. The molecule has 0 fully saturated rings. The zero-order chi connectivity index (χ0) is 13.0. The molecule has 0 bridgehead atoms. The number of para-hydroxylation sites is 1. The maximum absolute atomic E-state index is 9.66. The highest BCUT2D eigenvalue weighted by atomic mass is 16.5. The van der Waals surface area contributed by atoms with Crippen LogP contribution in [0.15, 0.2) is 42.6 Å². The van der Waals surface area contributed by atoms with E-state index in [1.807, 2.05) is 43.3 Å². The van der Waals surface area contributed by atoms with E-state index in [4.69, 9.17) is 4.74 Å². The molecule has 1 N–H and O–H groups in total. The summed E-state index contributed by atoms with van der Waals surface area (Å²) in [5.74, 6) is 0.706. The van der Waals surface area contributed by atoms with Gasteiger partial charge in [0.1, 0.15) is 12.4 Å². The van der Waals surface area contributed by atoms with Crippen molar-refractivity contribution in [3.05, 3.63) is 59.4 Å². The normalized spacial score (nSPS) is 12.2. The zero-order valence-electron chi connectivity index (χ0n) is 10.6. The number of benzene rings is 1. The van der Waals surface area contributed by atoms with Crippen LogP contribution >= 0.6 is 0 Å². The van der Waals surface area contributed by atoms with Gasteiger partial charge in [0.05, 0.1) is 11.8 Å². The van der Waals surface area contributed by atoms with Crippen molar-refractivity contribution < 1.29 is 9.84 Å². The van der Waals surface area contributed by atoms with Crippen LogP contribution in [0, 0.1) is 6.92 Å². The number of aromatic nitrogens is 1. The third-order valence-corrected chi connectivity index (χ3v) is 2.85. The number of hydrogen-bond acceptors (Lipinski definition) is 3. The summed E-state index contributed by atoms with van der Waals surface area (Å²) in [6, 6.07) is 11.4. The van der Waals surface area contributed by atoms with Crippen molar-refractivity contribution >= 4 is 0 Å². The van der Waals surface area contributed by atoms with Crippen LogP contribution in [0.2, 0.25) is 0 Å². The van der Waals surface area contributed by atoms with Crippen molar-refractivity contribution in [2.24, 2.45) is 0 Å². The molecule has 0 aliphatic carbocycles. The Morgan fingerprint density at radius 2 is 2.00 bits per heavy atom. The number of aliphatic hydroxyl groups excluding tert-OH is 1. The molecule has 0 spiro atoms. The molecule has 2 rings (SSSR count). The van der Waals surface area contributed by atoms with E-state index in [0.29, 0.717) is 12.4 Å². The molecule has 1 atom stereocenters. The topological polar surface area (TPSA) is 42.4 Å². The fourth-order valence-corrected chi connectivity index (χ4v) is 1.77. The molecular weight excluding hydrogens is 226 g/mol. The number of ether oxygens (including phenoxy) is 1. The Morgan fingerprint density at radius 1 is 1.22 bits per heavy atom. The van der Waals surface area contributed by atoms with Crippen LogP contribution in [-0.2, 0) is 6.61 Å². The van der Waals surface area contributed by atoms with Crippen LogP contribution in [0.3, 0.4) is 0 Å². The van der Waals surface area contributed by atoms with Gasteiger partial charge in [0.25, 0.3) is 0 Å². The number of aliphatic hydroxyl groups is 1. The monoisotopic (exact) mass is 243 g/mol. The van der Waals surface area contributed by atoms with Crippen LogP contribution in [0.5, 0.6) is 5.75 Å². The molecule has 1 heterocycles. The zero-order valence-corrected chi connectivity index (χ0v) is 10.6. The van der Waals surface area contributed by atoms with Crippen molar-refractivity contribution in [3.8, 4) is 5.75 Å². The molecule has 0 radical (unpaired) electrons. The Bertz CT molecular complexity index is 523. The molecule has 18 heavy (non-hydrogen) atoms. The van der Waals surface area contributed by atoms with Crippen LogP contribution in [0.1, 0.15) is 29.8 Å². The number of pyridine rings is 1. The highest BCUT2D eigenvalue weighted by Gasteiger charge is 2.09. The van der Waals surface area contributed by atoms with Crippen molar-refractivity contribution in [2.45, 2.75) is 26.6 Å². The van der Waals surface area contributed by atoms with Gasteiger partial charge in [0.2, 0.25) is 0 Å². The van der Waals surface area contributed by atoms with Gasteiger partial charge in [0, 0.05) is 11.8 Å². The minimum absolute atomic E-state index is 0.413. The summed E-state index contributed by atoms with van der Waals surface area (Å²) in [5.41, 5.74) is 2.82. The van der Waals surface area contributed by atoms with Crippen molar-refractivity contribution in [1.29, 1.82) is 0 Å². The lowest BCUT2D eigenvalue weighted by Gasteiger charge is -2.13. The van der Waals surface area contributed by atoms with Gasteiger partial charge in [-0.15, -0.1) is 0 Å². The number of aryl methyl sites for hydroxylation is 1. The SMILES string of the molecule is Cc1cccnc1COc1ccccc1[C@H](C)O. The second-order valence-electron chi connectivity index (χ2n) is 4.27. The maximum Gasteiger partial charge on any atom is 0.130 e. The van der Waals surface area contributed by atoms with E-state index in [0.717, 1.165) is 16.8 Å². The molecule has 3 heteroatoms. The van der Waals surface area contributed by atoms with Gasteiger partial charge >= 0.3 is 0 Å². The van der Waals surface area contributed by atoms with Gasteiger partial charge in [-0.2, -0.15) is 0 Å². The predicted octanol–water partition coefficient (Wildman–Crippen LogP) is 3.02. The first-order valence-electron chi connectivity index (χ1n) is 5.99. The average Bonchev–Trinajstić information content (AvgIpc) is 2.38. The summed E-state index contributed by atoms with van der Waals surface area (Å²) in [4.78, 5) is 4.28. The lowest BCUT2D eigenvalue weighted by Crippen LogP contribution is -2.03. The Kier molecular flexibility index (Phi) is 3.95. The van der Waals surface area contributed by atoms with Crippen LogP contribution < -0.4 is 4.74 Å². The minimum atomic E-state index is -0.536. The van der Waals surface area contributed by atoms with E-state index in [-0.39, 0.29) is 0 Å². The predicted molar refractivity (Wildman–Crippen MR) is 70.4 cm³/mol. The van der Waals surface area contributed by atoms with E-state index >= 15 is 0 Å². The summed E-state index contributed by atoms with van der Waals surface area (Å²) in [7, 11) is 0. The Labute approximate surface area is 107 Å². The molecule has 1 aromatic heterocycles. The van der Waals surface area contributed by atoms with Gasteiger partial charge < -0.3 is 9.84 Å². The Balaban J connectivity index is 2.14. The Hall–Kier alpha value is -1.87. The largest absolute Gasteiger partial charge is 0.487 e. The molecular formula is C15H17NO2. The third kappa shape index (κ3) is 2.87. The number of rotatable bonds is 4. The van der Waals surface area contributed by atoms with Crippen molar-refractivity contribution in [1.82, 2.24) is 4.98 Å². The summed E-state index contributed by atoms with van der Waals surface area (Å²) in [5, 5.41) is 9.66. The lowest BCUT2D eigenvalue weighted by atomic mass is 10.1. The second-order valence-corrected chi connectivity index (χ2v) is 4.27. The smallest absolute Gasteiger partial charge is 0.130 e. The summed E-state index contributed by atoms with van der Waals surface area (Å²) in [6.45, 7) is 4.15. The van der Waals surface area contributed by atoms with Gasteiger partial charge in [0.15, 0.2) is 0 Å². The summed E-state index contributed by atoms with van der Waals surface area (Å²) in [6.07, 6.45) is 1.22. The summed E-state index contributed by atoms with van der Waals surface area (Å²) < 4.78 is 5.74. The molecule has 0 amide bonds. The number of nitrogens with zero attached hydrogens (tertiary/aromatic N) is 1. The Morgan fingerprint density at radius 3 is 2.72 bits per heavy atom. The van der Waals surface area contributed by atoms with Crippen LogP contribution in [0.4, 0.5) is 0 Å². The molecule has 3 nitrogen and oxygen atoms in total. The van der Waals surface area contributed by atoms with Gasteiger partial charge in [-0.25, -0.2) is 0 Å². The molecule has 2 aromatic rings. The molecule has 94 valence electrons. The van der Waals surface area contributed by atoms with E-state index in [2.05, 4.69) is 4.98 Å². The van der Waals surface area contributed by atoms with E-state index < -0.39 is 6.10 Å². The standard InChI is InChI=1S/C15H17NO2/c1-11-6-5-9-16-14(11)10-18-15-8-4-3-7-13(15)12(2)17/h3-9,12,17H,10H2,1-2H3/t12-/m0/s1. The highest BCUT2D eigenvalue weighted by molar-refractivity contribution is 5.35. The van der Waals surface area contributed by atoms with Crippen molar-refractivity contribution in [2.75, 3.05) is 0 Å². The van der Waals surface area contributed by atoms with Crippen LogP contribution in [0.25, 0.3) is 0 Å². The van der Waals surface area contributed by atoms with Gasteiger partial charge in [-0.1, -0.05) is 24.3 Å². The first kappa shape index (κ1) is 12.6. The molecule has 0 saturated heterocycles. The van der Waals surface area contributed by atoms with E-state index in [9.17, 15) is 5.11 Å². The fourth-order valence-electron chi connectivity index (χ4n) is 1.77. The average molecular weight is 243 g/mol. The molecule has 0 saturated carbocycles. The van der Waals surface area contributed by atoms with Gasteiger partial charge in [-0.05, 0) is 31.5 Å². The second kappa shape index (κ2) is 5.65. The van der Waals surface area contributed by atoms with Gasteiger partial charge in [-0.3, -0.25) is 4.98 Å². The number of hydrogen-bond donors (Lipinski definition) is 1. The first-order chi connectivity index (χ1) is 8.68. The van der Waals surface area contributed by atoms with Crippen LogP contribution in [-0.4, -0.2) is 10.1 Å². The summed E-state index contributed by atoms with van der Waals surface area (Å²) >= 11 is 0. The van der Waals surface area contributed by atoms with E-state index in [1.54, 1.807) is 13.1 Å². The first-order valence-corrected chi connectivity index (χ1v) is 5.99. The maximum atomic E-state index is 9.66. The fraction of sp³-hybridized carbons (Fsp3) is 0.267. The minimum Gasteiger partial charge on any atom is -0.487 e. The van der Waals surface area contributed by atoms with Crippen molar-refractivity contribution in [3.63, 3.8) is 0 Å². The van der Waals surface area contributed by atoms with E-state index in [1.165, 1.54) is 0 Å². The quantitative estimate of drug-likeness (QED) is 0.897. The molecule has 0 aliphatic heterocycles.